The fourth-order valence-corrected chi connectivity index (χ4v) is 3.93. The van der Waals surface area contributed by atoms with Gasteiger partial charge in [-0.1, -0.05) is 66.2 Å². The van der Waals surface area contributed by atoms with Gasteiger partial charge in [-0.3, -0.25) is 9.59 Å². The van der Waals surface area contributed by atoms with Gasteiger partial charge in [-0.15, -0.1) is 0 Å². The lowest BCUT2D eigenvalue weighted by Gasteiger charge is -2.30. The van der Waals surface area contributed by atoms with E-state index < -0.39 is 0 Å². The average molecular weight is 365 g/mol. The molecule has 2 nitrogen and oxygen atoms in total. The van der Waals surface area contributed by atoms with E-state index >= 15 is 0 Å². The molecule has 0 aromatic carbocycles. The molecule has 2 atom stereocenters. The molecule has 0 radical (unpaired) electrons. The quantitative estimate of drug-likeness (QED) is 0.258. The third-order valence-corrected chi connectivity index (χ3v) is 5.15. The van der Waals surface area contributed by atoms with Crippen molar-refractivity contribution >= 4 is 33.7 Å². The zero-order valence-electron chi connectivity index (χ0n) is 15.2. The number of halogens is 2. The second-order valence-corrected chi connectivity index (χ2v) is 8.14. The van der Waals surface area contributed by atoms with Gasteiger partial charge < -0.3 is 0 Å². The number of hydrogen-bond donors (Lipinski definition) is 0. The minimum Gasteiger partial charge on any atom is -0.281 e. The van der Waals surface area contributed by atoms with Crippen molar-refractivity contribution in [2.75, 3.05) is 0 Å². The number of unbranched alkanes of at least 4 members (excludes halogenated alkanes) is 6. The molecule has 0 aliphatic heterocycles. The molecule has 2 unspecified atom stereocenters. The maximum Gasteiger partial charge on any atom is 0.225 e. The van der Waals surface area contributed by atoms with Crippen LogP contribution in [0.5, 0.6) is 0 Å². The van der Waals surface area contributed by atoms with Crippen molar-refractivity contribution in [1.82, 2.24) is 0 Å². The standard InChI is InChI=1S/C19H34Cl2O2/c1-14(2)16(18(15(3)4)19(21)23)12-10-8-6-5-7-9-11-13-17(20)22/h14-16,18H,5-13H2,1-4H3. The Bertz CT molecular complexity index is 340. The second kappa shape index (κ2) is 13.2. The van der Waals surface area contributed by atoms with E-state index in [0.717, 1.165) is 25.7 Å². The molecule has 23 heavy (non-hydrogen) atoms. The Kier molecular flexibility index (Phi) is 13.2. The molecule has 0 N–H and O–H groups in total. The first kappa shape index (κ1) is 22.9. The lowest BCUT2D eigenvalue weighted by atomic mass is 9.75. The molecule has 0 spiro atoms. The highest BCUT2D eigenvalue weighted by atomic mass is 35.5. The third-order valence-electron chi connectivity index (χ3n) is 4.71. The van der Waals surface area contributed by atoms with Crippen LogP contribution in [0.2, 0.25) is 0 Å². The largest absolute Gasteiger partial charge is 0.281 e. The molecule has 0 saturated carbocycles. The van der Waals surface area contributed by atoms with Gasteiger partial charge in [-0.2, -0.15) is 0 Å². The fourth-order valence-electron chi connectivity index (χ4n) is 3.38. The minimum absolute atomic E-state index is 0.0234. The molecule has 136 valence electrons. The number of carbonyl (C=O) groups is 2. The van der Waals surface area contributed by atoms with Gasteiger partial charge in [-0.05, 0) is 53.8 Å². The van der Waals surface area contributed by atoms with Gasteiger partial charge in [0.05, 0.1) is 0 Å². The van der Waals surface area contributed by atoms with Crippen LogP contribution in [0.4, 0.5) is 0 Å². The van der Waals surface area contributed by atoms with E-state index in [-0.39, 0.29) is 16.4 Å². The van der Waals surface area contributed by atoms with Gasteiger partial charge in [0.15, 0.2) is 0 Å². The first-order chi connectivity index (χ1) is 10.8. The predicted molar refractivity (Wildman–Crippen MR) is 99.9 cm³/mol. The Hall–Kier alpha value is -0.0800. The maximum absolute atomic E-state index is 11.7. The smallest absolute Gasteiger partial charge is 0.225 e. The van der Waals surface area contributed by atoms with Gasteiger partial charge >= 0.3 is 0 Å². The van der Waals surface area contributed by atoms with E-state index in [1.165, 1.54) is 25.7 Å². The number of hydrogen-bond acceptors (Lipinski definition) is 2. The van der Waals surface area contributed by atoms with E-state index in [9.17, 15) is 9.59 Å². The Morgan fingerprint density at radius 2 is 1.22 bits per heavy atom. The van der Waals surface area contributed by atoms with Gasteiger partial charge in [-0.25, -0.2) is 0 Å². The van der Waals surface area contributed by atoms with Crippen LogP contribution in [0.25, 0.3) is 0 Å². The summed E-state index contributed by atoms with van der Waals surface area (Å²) in [4.78, 5) is 22.4. The van der Waals surface area contributed by atoms with Gasteiger partial charge in [0.2, 0.25) is 10.5 Å². The van der Waals surface area contributed by atoms with E-state index in [0.29, 0.717) is 24.2 Å². The first-order valence-electron chi connectivity index (χ1n) is 9.15. The van der Waals surface area contributed by atoms with Crippen molar-refractivity contribution in [2.45, 2.75) is 85.5 Å². The highest BCUT2D eigenvalue weighted by Crippen LogP contribution is 2.33. The molecule has 0 amide bonds. The Morgan fingerprint density at radius 3 is 1.61 bits per heavy atom. The molecule has 0 saturated heterocycles. The lowest BCUT2D eigenvalue weighted by molar-refractivity contribution is -0.119. The van der Waals surface area contributed by atoms with Crippen molar-refractivity contribution in [2.24, 2.45) is 23.7 Å². The van der Waals surface area contributed by atoms with Gasteiger partial charge in [0.1, 0.15) is 0 Å². The van der Waals surface area contributed by atoms with Crippen LogP contribution in [0, 0.1) is 23.7 Å². The lowest BCUT2D eigenvalue weighted by Crippen LogP contribution is -2.29. The zero-order valence-corrected chi connectivity index (χ0v) is 16.8. The van der Waals surface area contributed by atoms with Crippen molar-refractivity contribution in [3.05, 3.63) is 0 Å². The fraction of sp³-hybridized carbons (Fsp3) is 0.895. The van der Waals surface area contributed by atoms with E-state index in [1.54, 1.807) is 0 Å². The normalized spacial score (nSPS) is 14.3. The molecule has 0 aromatic rings. The minimum atomic E-state index is -0.224. The van der Waals surface area contributed by atoms with Crippen LogP contribution in [-0.4, -0.2) is 10.5 Å². The van der Waals surface area contributed by atoms with Crippen LogP contribution in [0.3, 0.4) is 0 Å². The Labute approximate surface area is 152 Å². The summed E-state index contributed by atoms with van der Waals surface area (Å²) in [5.74, 6) is 1.15. The van der Waals surface area contributed by atoms with E-state index in [1.807, 2.05) is 0 Å². The summed E-state index contributed by atoms with van der Waals surface area (Å²) in [6.07, 6.45) is 9.56. The Balaban J connectivity index is 3.93. The molecule has 0 bridgehead atoms. The molecular formula is C19H34Cl2O2. The molecule has 0 heterocycles. The molecule has 0 aliphatic carbocycles. The van der Waals surface area contributed by atoms with Crippen LogP contribution in [-0.2, 0) is 9.59 Å². The summed E-state index contributed by atoms with van der Waals surface area (Å²) in [5.41, 5.74) is 0. The summed E-state index contributed by atoms with van der Waals surface area (Å²) in [6, 6.07) is 0. The highest BCUT2D eigenvalue weighted by Gasteiger charge is 2.31. The van der Waals surface area contributed by atoms with Crippen molar-refractivity contribution < 1.29 is 9.59 Å². The number of carbonyl (C=O) groups excluding carboxylic acids is 2. The monoisotopic (exact) mass is 364 g/mol. The summed E-state index contributed by atoms with van der Waals surface area (Å²) in [5, 5.41) is -0.397. The molecule has 0 fully saturated rings. The van der Waals surface area contributed by atoms with Crippen LogP contribution in [0.1, 0.15) is 85.5 Å². The number of rotatable bonds is 14. The summed E-state index contributed by atoms with van der Waals surface area (Å²) < 4.78 is 0. The van der Waals surface area contributed by atoms with Crippen molar-refractivity contribution in [3.63, 3.8) is 0 Å². The molecule has 4 heteroatoms. The van der Waals surface area contributed by atoms with Gasteiger partial charge in [0, 0.05) is 12.3 Å². The molecule has 0 aromatic heterocycles. The topological polar surface area (TPSA) is 34.1 Å². The van der Waals surface area contributed by atoms with E-state index in [4.69, 9.17) is 23.2 Å². The average Bonchev–Trinajstić information content (AvgIpc) is 2.42. The van der Waals surface area contributed by atoms with Crippen LogP contribution in [0.15, 0.2) is 0 Å². The van der Waals surface area contributed by atoms with E-state index in [2.05, 4.69) is 27.7 Å². The first-order valence-corrected chi connectivity index (χ1v) is 9.90. The summed E-state index contributed by atoms with van der Waals surface area (Å²) in [6.45, 7) is 8.56. The molecular weight excluding hydrogens is 331 g/mol. The SMILES string of the molecule is CC(C)C(CCCCCCCCCC(=O)Cl)C(C(=O)Cl)C(C)C. The van der Waals surface area contributed by atoms with Gasteiger partial charge in [0.25, 0.3) is 0 Å². The third kappa shape index (κ3) is 11.2. The highest BCUT2D eigenvalue weighted by molar-refractivity contribution is 6.64. The van der Waals surface area contributed by atoms with Crippen LogP contribution >= 0.6 is 23.2 Å². The van der Waals surface area contributed by atoms with Crippen molar-refractivity contribution in [1.29, 1.82) is 0 Å². The zero-order chi connectivity index (χ0) is 17.8. The summed E-state index contributed by atoms with van der Waals surface area (Å²) >= 11 is 11.2. The summed E-state index contributed by atoms with van der Waals surface area (Å²) in [7, 11) is 0. The second-order valence-electron chi connectivity index (χ2n) is 7.35. The predicted octanol–water partition coefficient (Wildman–Crippen LogP) is 6.57. The van der Waals surface area contributed by atoms with Crippen molar-refractivity contribution in [3.8, 4) is 0 Å². The van der Waals surface area contributed by atoms with Crippen LogP contribution < -0.4 is 0 Å². The Morgan fingerprint density at radius 1 is 0.739 bits per heavy atom. The molecule has 0 rings (SSSR count). The maximum atomic E-state index is 11.7. The molecule has 0 aliphatic rings.